The number of rotatable bonds is 0. The van der Waals surface area contributed by atoms with E-state index in [0.29, 0.717) is 17.8 Å². The molecule has 5 N–H and O–H groups in total. The molecule has 15 heavy (non-hydrogen) atoms. The van der Waals surface area contributed by atoms with Gasteiger partial charge in [-0.3, -0.25) is 0 Å². The Morgan fingerprint density at radius 1 is 1.20 bits per heavy atom. The molecule has 1 fully saturated rings. The van der Waals surface area contributed by atoms with Gasteiger partial charge in [-0.15, -0.1) is 0 Å². The topological polar surface area (TPSA) is 89.8 Å². The van der Waals surface area contributed by atoms with Crippen LogP contribution in [-0.2, 0) is 0 Å². The number of nitrogens with two attached hydrogens (primary N) is 2. The lowest BCUT2D eigenvalue weighted by atomic mass is 9.79. The Morgan fingerprint density at radius 2 is 2.07 bits per heavy atom. The molecule has 2 aliphatic rings. The highest BCUT2D eigenvalue weighted by molar-refractivity contribution is 5.62. The van der Waals surface area contributed by atoms with E-state index in [2.05, 4.69) is 15.3 Å². The highest BCUT2D eigenvalue weighted by Crippen LogP contribution is 2.43. The third-order valence-corrected chi connectivity index (χ3v) is 3.42. The lowest BCUT2D eigenvalue weighted by molar-refractivity contribution is 0.395. The van der Waals surface area contributed by atoms with E-state index in [4.69, 9.17) is 11.5 Å². The Morgan fingerprint density at radius 3 is 2.93 bits per heavy atom. The van der Waals surface area contributed by atoms with Gasteiger partial charge in [0.05, 0.1) is 0 Å². The van der Waals surface area contributed by atoms with E-state index in [0.717, 1.165) is 17.8 Å². The second kappa shape index (κ2) is 2.98. The lowest BCUT2D eigenvalue weighted by Crippen LogP contribution is -2.33. The number of nitrogens with zero attached hydrogens (tertiary/aromatic N) is 2. The number of hydrogen-bond acceptors (Lipinski definition) is 5. The number of anilines is 3. The Labute approximate surface area is 88.3 Å². The minimum absolute atomic E-state index is 0.263. The van der Waals surface area contributed by atoms with Gasteiger partial charge < -0.3 is 16.8 Å². The molecule has 1 aliphatic heterocycles. The summed E-state index contributed by atoms with van der Waals surface area (Å²) in [4.78, 5) is 8.27. The molecule has 5 heteroatoms. The molecule has 1 aliphatic carbocycles. The number of fused-ring (bicyclic) bond motifs is 4. The lowest BCUT2D eigenvalue weighted by Gasteiger charge is -2.36. The minimum Gasteiger partial charge on any atom is -0.383 e. The van der Waals surface area contributed by atoms with Crippen molar-refractivity contribution in [3.8, 4) is 0 Å². The standard InChI is InChI=1S/C10H15N5/c11-8-7-5-2-1-3-6(4-5)13-9(7)15-10(12)14-8/h5-6H,1-4H2,(H5,11,12,13,14,15). The number of aromatic nitrogens is 2. The molecule has 0 aromatic carbocycles. The molecular formula is C10H15N5. The first kappa shape index (κ1) is 8.76. The van der Waals surface area contributed by atoms with Crippen molar-refractivity contribution in [1.82, 2.24) is 9.97 Å². The summed E-state index contributed by atoms with van der Waals surface area (Å²) in [5.74, 6) is 2.20. The highest BCUT2D eigenvalue weighted by atomic mass is 15.1. The second-order valence-corrected chi connectivity index (χ2v) is 4.43. The predicted octanol–water partition coefficient (Wildman–Crippen LogP) is 1.09. The Bertz CT molecular complexity index is 403. The monoisotopic (exact) mass is 205 g/mol. The van der Waals surface area contributed by atoms with Crippen LogP contribution in [0.1, 0.15) is 37.2 Å². The van der Waals surface area contributed by atoms with Gasteiger partial charge in [0.25, 0.3) is 0 Å². The zero-order valence-corrected chi connectivity index (χ0v) is 8.53. The van der Waals surface area contributed by atoms with E-state index in [1.807, 2.05) is 0 Å². The van der Waals surface area contributed by atoms with Crippen molar-refractivity contribution in [2.45, 2.75) is 37.6 Å². The van der Waals surface area contributed by atoms with E-state index in [-0.39, 0.29) is 5.95 Å². The fourth-order valence-corrected chi connectivity index (χ4v) is 2.79. The summed E-state index contributed by atoms with van der Waals surface area (Å²) in [6.07, 6.45) is 4.83. The number of hydrogen-bond donors (Lipinski definition) is 3. The van der Waals surface area contributed by atoms with Crippen LogP contribution in [-0.4, -0.2) is 16.0 Å². The Kier molecular flexibility index (Phi) is 1.74. The quantitative estimate of drug-likeness (QED) is 0.590. The van der Waals surface area contributed by atoms with Crippen molar-refractivity contribution >= 4 is 17.6 Å². The van der Waals surface area contributed by atoms with E-state index < -0.39 is 0 Å². The maximum Gasteiger partial charge on any atom is 0.223 e. The summed E-state index contributed by atoms with van der Waals surface area (Å²) < 4.78 is 0. The maximum absolute atomic E-state index is 5.91. The molecule has 0 spiro atoms. The van der Waals surface area contributed by atoms with E-state index in [1.165, 1.54) is 19.3 Å². The molecule has 1 aromatic rings. The van der Waals surface area contributed by atoms with Gasteiger partial charge in [0.2, 0.25) is 5.95 Å². The normalized spacial score (nSPS) is 28.0. The van der Waals surface area contributed by atoms with Crippen LogP contribution in [0.4, 0.5) is 17.6 Å². The van der Waals surface area contributed by atoms with Gasteiger partial charge in [0, 0.05) is 11.6 Å². The summed E-state index contributed by atoms with van der Waals surface area (Å²) in [5, 5.41) is 3.40. The van der Waals surface area contributed by atoms with Crippen LogP contribution < -0.4 is 16.8 Å². The molecule has 1 aromatic heterocycles. The van der Waals surface area contributed by atoms with E-state index >= 15 is 0 Å². The largest absolute Gasteiger partial charge is 0.383 e. The molecule has 0 amide bonds. The maximum atomic E-state index is 5.91. The van der Waals surface area contributed by atoms with Crippen molar-refractivity contribution in [1.29, 1.82) is 0 Å². The second-order valence-electron chi connectivity index (χ2n) is 4.43. The van der Waals surface area contributed by atoms with E-state index in [1.54, 1.807) is 0 Å². The van der Waals surface area contributed by atoms with Gasteiger partial charge >= 0.3 is 0 Å². The smallest absolute Gasteiger partial charge is 0.223 e. The Hall–Kier alpha value is -1.52. The summed E-state index contributed by atoms with van der Waals surface area (Å²) >= 11 is 0. The fraction of sp³-hybridized carbons (Fsp3) is 0.600. The molecule has 2 heterocycles. The van der Waals surface area contributed by atoms with Crippen LogP contribution in [0.3, 0.4) is 0 Å². The van der Waals surface area contributed by atoms with Crippen molar-refractivity contribution < 1.29 is 0 Å². The molecular weight excluding hydrogens is 190 g/mol. The van der Waals surface area contributed by atoms with E-state index in [9.17, 15) is 0 Å². The van der Waals surface area contributed by atoms with Crippen LogP contribution in [0.5, 0.6) is 0 Å². The van der Waals surface area contributed by atoms with Crippen LogP contribution in [0.25, 0.3) is 0 Å². The molecule has 0 saturated heterocycles. The van der Waals surface area contributed by atoms with Gasteiger partial charge in [-0.1, -0.05) is 6.42 Å². The first-order valence-corrected chi connectivity index (χ1v) is 5.43. The van der Waals surface area contributed by atoms with Gasteiger partial charge in [-0.2, -0.15) is 9.97 Å². The van der Waals surface area contributed by atoms with Crippen LogP contribution >= 0.6 is 0 Å². The molecule has 2 atom stereocenters. The van der Waals surface area contributed by atoms with Crippen molar-refractivity contribution in [3.05, 3.63) is 5.56 Å². The van der Waals surface area contributed by atoms with Gasteiger partial charge in [0.15, 0.2) is 0 Å². The van der Waals surface area contributed by atoms with Crippen LogP contribution in [0, 0.1) is 0 Å². The van der Waals surface area contributed by atoms with Gasteiger partial charge in [-0.05, 0) is 25.2 Å². The van der Waals surface area contributed by atoms with Gasteiger partial charge in [-0.25, -0.2) is 0 Å². The average Bonchev–Trinajstić information content (AvgIpc) is 2.15. The molecule has 0 radical (unpaired) electrons. The first-order valence-electron chi connectivity index (χ1n) is 5.43. The number of nitrogen functional groups attached to an aromatic ring is 2. The third-order valence-electron chi connectivity index (χ3n) is 3.42. The third kappa shape index (κ3) is 1.30. The summed E-state index contributed by atoms with van der Waals surface area (Å²) in [6.45, 7) is 0. The summed E-state index contributed by atoms with van der Waals surface area (Å²) in [6, 6.07) is 0.546. The molecule has 3 rings (SSSR count). The molecule has 2 unspecified atom stereocenters. The number of nitrogens with one attached hydrogen (secondary N) is 1. The van der Waals surface area contributed by atoms with Crippen molar-refractivity contribution in [2.24, 2.45) is 0 Å². The fourth-order valence-electron chi connectivity index (χ4n) is 2.79. The van der Waals surface area contributed by atoms with Crippen LogP contribution in [0.2, 0.25) is 0 Å². The summed E-state index contributed by atoms with van der Waals surface area (Å²) in [5.41, 5.74) is 12.6. The predicted molar refractivity (Wildman–Crippen MR) is 59.5 cm³/mol. The molecule has 1 saturated carbocycles. The first-order chi connectivity index (χ1) is 7.24. The molecule has 80 valence electrons. The molecule has 5 nitrogen and oxygen atoms in total. The minimum atomic E-state index is 0.263. The van der Waals surface area contributed by atoms with Gasteiger partial charge in [0.1, 0.15) is 11.6 Å². The average molecular weight is 205 g/mol. The van der Waals surface area contributed by atoms with Crippen molar-refractivity contribution in [3.63, 3.8) is 0 Å². The van der Waals surface area contributed by atoms with Crippen molar-refractivity contribution in [2.75, 3.05) is 16.8 Å². The zero-order valence-electron chi connectivity index (χ0n) is 8.53. The van der Waals surface area contributed by atoms with Crippen LogP contribution in [0.15, 0.2) is 0 Å². The SMILES string of the molecule is Nc1nc(N)c2c(n1)NC1CCCC2C1. The Balaban J connectivity index is 2.12. The highest BCUT2D eigenvalue weighted by Gasteiger charge is 2.33. The zero-order chi connectivity index (χ0) is 10.4. The summed E-state index contributed by atoms with van der Waals surface area (Å²) in [7, 11) is 0. The molecule has 2 bridgehead atoms.